The first-order chi connectivity index (χ1) is 16.5. The van der Waals surface area contributed by atoms with E-state index in [9.17, 15) is 19.2 Å². The number of benzene rings is 3. The van der Waals surface area contributed by atoms with Crippen LogP contribution in [0.1, 0.15) is 41.4 Å². The summed E-state index contributed by atoms with van der Waals surface area (Å²) in [6.45, 7) is -0.648. The first-order valence-corrected chi connectivity index (χ1v) is 12.3. The molecule has 0 aliphatic carbocycles. The second-order valence-electron chi connectivity index (χ2n) is 7.23. The van der Waals surface area contributed by atoms with E-state index in [1.807, 2.05) is 0 Å². The van der Waals surface area contributed by atoms with Gasteiger partial charge in [-0.15, -0.1) is 0 Å². The second kappa shape index (κ2) is 10.1. The Hall–Kier alpha value is -2.13. The average molecular weight is 636 g/mol. The van der Waals surface area contributed by atoms with Gasteiger partial charge < -0.3 is 0 Å². The molecular weight excluding hydrogens is 625 g/mol. The number of ketones is 1. The molecule has 0 bridgehead atoms. The summed E-state index contributed by atoms with van der Waals surface area (Å²) in [5, 5.41) is 0.575. The Balaban J connectivity index is 1.81. The zero-order valence-electron chi connectivity index (χ0n) is 17.1. The van der Waals surface area contributed by atoms with Crippen LogP contribution in [0.15, 0.2) is 53.0 Å². The summed E-state index contributed by atoms with van der Waals surface area (Å²) < 4.78 is 0.738. The van der Waals surface area contributed by atoms with E-state index in [1.54, 1.807) is 12.1 Å². The third-order valence-corrected chi connectivity index (χ3v) is 7.69. The largest absolute Gasteiger partial charge is 0.292 e. The quantitative estimate of drug-likeness (QED) is 0.128. The van der Waals surface area contributed by atoms with Gasteiger partial charge in [0.2, 0.25) is 0 Å². The van der Waals surface area contributed by atoms with Crippen molar-refractivity contribution in [1.82, 2.24) is 10.0 Å². The number of hydrogen-bond donors (Lipinski definition) is 0. The number of Topliss-reactive ketones (excluding diaryl/α,β-unsaturated/α-hetero) is 1. The molecule has 0 atom stereocenters. The predicted octanol–water partition coefficient (Wildman–Crippen LogP) is 7.25. The van der Waals surface area contributed by atoms with E-state index >= 15 is 0 Å². The number of amides is 3. The minimum Gasteiger partial charge on any atom is -0.292 e. The van der Waals surface area contributed by atoms with Gasteiger partial charge in [0.05, 0.1) is 31.2 Å². The summed E-state index contributed by atoms with van der Waals surface area (Å²) in [5.41, 5.74) is -0.314. The molecule has 0 N–H and O–H groups in total. The van der Waals surface area contributed by atoms with Gasteiger partial charge in [-0.05, 0) is 36.4 Å². The van der Waals surface area contributed by atoms with E-state index in [1.165, 1.54) is 36.4 Å². The second-order valence-corrected chi connectivity index (χ2v) is 10.1. The van der Waals surface area contributed by atoms with Gasteiger partial charge in [0.15, 0.2) is 5.78 Å². The first kappa shape index (κ1) is 25.9. The monoisotopic (exact) mass is 632 g/mol. The summed E-state index contributed by atoms with van der Waals surface area (Å²) in [6, 6.07) is 12.1. The van der Waals surface area contributed by atoms with Crippen LogP contribution in [0, 0.1) is 0 Å². The highest BCUT2D eigenvalue weighted by Crippen LogP contribution is 2.45. The Morgan fingerprint density at radius 1 is 0.714 bits per heavy atom. The lowest BCUT2D eigenvalue weighted by molar-refractivity contribution is 0.00532. The average Bonchev–Trinajstić information content (AvgIpc) is 3.10. The van der Waals surface area contributed by atoms with Crippen LogP contribution < -0.4 is 0 Å². The molecule has 0 saturated carbocycles. The molecular formula is C23H10BrCl5N2O4. The van der Waals surface area contributed by atoms with Gasteiger partial charge in [0.1, 0.15) is 6.54 Å². The smallest absolute Gasteiger partial charge is 0.282 e. The van der Waals surface area contributed by atoms with Crippen LogP contribution in [0.2, 0.25) is 25.1 Å². The number of fused-ring (bicyclic) bond motifs is 1. The maximum atomic E-state index is 13.5. The van der Waals surface area contributed by atoms with Gasteiger partial charge in [-0.3, -0.25) is 19.2 Å². The molecule has 3 aromatic rings. The Morgan fingerprint density at radius 3 is 1.66 bits per heavy atom. The van der Waals surface area contributed by atoms with Gasteiger partial charge in [-0.2, -0.15) is 5.01 Å². The molecule has 0 unspecified atom stereocenters. The topological polar surface area (TPSA) is 74.8 Å². The van der Waals surface area contributed by atoms with Crippen molar-refractivity contribution in [2.45, 2.75) is 0 Å². The summed E-state index contributed by atoms with van der Waals surface area (Å²) in [4.78, 5) is 53.3. The summed E-state index contributed by atoms with van der Waals surface area (Å²) in [7, 11) is 0. The molecule has 12 heteroatoms. The number of carbonyl (C=O) groups excluding carboxylic acids is 4. The van der Waals surface area contributed by atoms with E-state index in [4.69, 9.17) is 58.0 Å². The third-order valence-electron chi connectivity index (χ3n) is 5.11. The molecule has 0 saturated heterocycles. The molecule has 3 amide bonds. The number of rotatable bonds is 5. The zero-order valence-corrected chi connectivity index (χ0v) is 22.5. The molecule has 1 aliphatic rings. The molecule has 178 valence electrons. The maximum absolute atomic E-state index is 13.5. The lowest BCUT2D eigenvalue weighted by Gasteiger charge is -2.29. The fourth-order valence-corrected chi connectivity index (χ4v) is 4.80. The molecule has 6 nitrogen and oxygen atoms in total. The van der Waals surface area contributed by atoms with Crippen LogP contribution in [0.4, 0.5) is 0 Å². The highest BCUT2D eigenvalue weighted by atomic mass is 79.9. The minimum atomic E-state index is -0.985. The lowest BCUT2D eigenvalue weighted by Crippen LogP contribution is -2.51. The highest BCUT2D eigenvalue weighted by Gasteiger charge is 2.46. The molecule has 35 heavy (non-hydrogen) atoms. The van der Waals surface area contributed by atoms with Crippen molar-refractivity contribution < 1.29 is 19.2 Å². The van der Waals surface area contributed by atoms with Crippen LogP contribution in [0.25, 0.3) is 0 Å². The Kier molecular flexibility index (Phi) is 7.48. The Bertz CT molecular complexity index is 1360. The van der Waals surface area contributed by atoms with Crippen molar-refractivity contribution in [3.05, 3.63) is 100 Å². The number of hydrazine groups is 1. The molecule has 0 radical (unpaired) electrons. The zero-order chi connectivity index (χ0) is 25.6. The predicted molar refractivity (Wildman–Crippen MR) is 138 cm³/mol. The van der Waals surface area contributed by atoms with Gasteiger partial charge in [0.25, 0.3) is 17.7 Å². The van der Waals surface area contributed by atoms with E-state index in [0.29, 0.717) is 10.0 Å². The van der Waals surface area contributed by atoms with Crippen LogP contribution in [-0.4, -0.2) is 40.1 Å². The van der Waals surface area contributed by atoms with E-state index in [-0.39, 0.29) is 42.3 Å². The lowest BCUT2D eigenvalue weighted by atomic mass is 10.1. The Labute approximate surface area is 232 Å². The van der Waals surface area contributed by atoms with Crippen molar-refractivity contribution in [1.29, 1.82) is 0 Å². The van der Waals surface area contributed by atoms with Crippen molar-refractivity contribution in [3.8, 4) is 0 Å². The van der Waals surface area contributed by atoms with Crippen molar-refractivity contribution in [3.63, 3.8) is 0 Å². The SMILES string of the molecule is O=C(CN(C(=O)c1ccc(Cl)cc1)N1C(=O)c2c(Cl)c(Cl)c(Cl)c(Cl)c2C1=O)c1ccc(Br)cc1. The van der Waals surface area contributed by atoms with Gasteiger partial charge in [0, 0.05) is 20.6 Å². The molecule has 0 fully saturated rings. The van der Waals surface area contributed by atoms with E-state index in [2.05, 4.69) is 15.9 Å². The first-order valence-electron chi connectivity index (χ1n) is 9.63. The highest BCUT2D eigenvalue weighted by molar-refractivity contribution is 9.10. The van der Waals surface area contributed by atoms with Crippen molar-refractivity contribution in [2.24, 2.45) is 0 Å². The number of imide groups is 1. The number of halogens is 6. The van der Waals surface area contributed by atoms with Gasteiger partial charge in [-0.25, -0.2) is 5.01 Å². The van der Waals surface area contributed by atoms with Crippen molar-refractivity contribution in [2.75, 3.05) is 6.54 Å². The standard InChI is InChI=1S/C23H10BrCl5N2O4/c24-12-5-1-10(2-6-12)14(32)9-30(21(33)11-3-7-13(25)8-4-11)31-22(34)15-16(23(31)35)18(27)20(29)19(28)17(15)26/h1-8H,9H2. The van der Waals surface area contributed by atoms with Crippen LogP contribution in [-0.2, 0) is 0 Å². The molecule has 3 aromatic carbocycles. The van der Waals surface area contributed by atoms with Crippen molar-refractivity contribution >= 4 is 97.4 Å². The van der Waals surface area contributed by atoms with Crippen LogP contribution in [0.3, 0.4) is 0 Å². The number of nitrogens with zero attached hydrogens (tertiary/aromatic N) is 2. The third kappa shape index (κ3) is 4.69. The van der Waals surface area contributed by atoms with Gasteiger partial charge in [-0.1, -0.05) is 86.1 Å². The maximum Gasteiger partial charge on any atom is 0.282 e. The summed E-state index contributed by atoms with van der Waals surface area (Å²) >= 11 is 33.8. The molecule has 1 heterocycles. The summed E-state index contributed by atoms with van der Waals surface area (Å²) in [6.07, 6.45) is 0. The normalized spacial score (nSPS) is 12.7. The number of carbonyl (C=O) groups is 4. The van der Waals surface area contributed by atoms with Crippen LogP contribution in [0.5, 0.6) is 0 Å². The summed E-state index contributed by atoms with van der Waals surface area (Å²) in [5.74, 6) is -3.32. The fourth-order valence-electron chi connectivity index (χ4n) is 3.39. The minimum absolute atomic E-state index is 0.0721. The fraction of sp³-hybridized carbons (Fsp3) is 0.0435. The molecule has 0 aromatic heterocycles. The Morgan fingerprint density at radius 2 is 1.17 bits per heavy atom. The van der Waals surface area contributed by atoms with Gasteiger partial charge >= 0.3 is 0 Å². The molecule has 4 rings (SSSR count). The van der Waals surface area contributed by atoms with E-state index < -0.39 is 30.0 Å². The van der Waals surface area contributed by atoms with E-state index in [0.717, 1.165) is 9.48 Å². The molecule has 1 aliphatic heterocycles. The number of hydrogen-bond acceptors (Lipinski definition) is 4. The van der Waals surface area contributed by atoms with Crippen LogP contribution >= 0.6 is 73.9 Å². The molecule has 0 spiro atoms.